The van der Waals surface area contributed by atoms with Gasteiger partial charge in [-0.15, -0.1) is 0 Å². The third kappa shape index (κ3) is 1.55. The van der Waals surface area contributed by atoms with Gasteiger partial charge in [-0.1, -0.05) is 12.2 Å². The topological polar surface area (TPSA) is 41.6 Å². The average Bonchev–Trinajstić information content (AvgIpc) is 2.79. The quantitative estimate of drug-likeness (QED) is 0.764. The smallest absolute Gasteiger partial charge is 0.139 e. The number of aromatic nitrogens is 3. The second-order valence-electron chi connectivity index (χ2n) is 3.94. The molecule has 1 aliphatic rings. The summed E-state index contributed by atoms with van der Waals surface area (Å²) in [6, 6.07) is 3.88. The molecule has 0 fully saturated rings. The lowest BCUT2D eigenvalue weighted by molar-refractivity contribution is 0.899. The Labute approximate surface area is 98.6 Å². The summed E-state index contributed by atoms with van der Waals surface area (Å²) in [4.78, 5) is 11.8. The number of H-pyrrole nitrogens is 1. The molecule has 0 saturated carbocycles. The number of nitrogens with zero attached hydrogens (tertiary/aromatic N) is 2. The number of aromatic amines is 1. The van der Waals surface area contributed by atoms with E-state index >= 15 is 0 Å². The van der Waals surface area contributed by atoms with Gasteiger partial charge in [-0.25, -0.2) is 4.98 Å². The van der Waals surface area contributed by atoms with E-state index in [-0.39, 0.29) is 0 Å². The number of pyridine rings is 1. The van der Waals surface area contributed by atoms with Gasteiger partial charge in [-0.3, -0.25) is 4.98 Å². The molecule has 1 aliphatic carbocycles. The van der Waals surface area contributed by atoms with Crippen molar-refractivity contribution in [2.45, 2.75) is 19.3 Å². The van der Waals surface area contributed by atoms with E-state index in [9.17, 15) is 0 Å². The van der Waals surface area contributed by atoms with Crippen LogP contribution in [0.3, 0.4) is 0 Å². The largest absolute Gasteiger partial charge is 0.343 e. The highest BCUT2D eigenvalue weighted by Crippen LogP contribution is 2.23. The van der Waals surface area contributed by atoms with E-state index in [0.29, 0.717) is 0 Å². The minimum Gasteiger partial charge on any atom is -0.343 e. The highest BCUT2D eigenvalue weighted by molar-refractivity contribution is 7.71. The van der Waals surface area contributed by atoms with Gasteiger partial charge in [0.15, 0.2) is 0 Å². The van der Waals surface area contributed by atoms with Crippen molar-refractivity contribution in [3.05, 3.63) is 40.4 Å². The molecule has 80 valence electrons. The van der Waals surface area contributed by atoms with Gasteiger partial charge in [0.05, 0.1) is 0 Å². The van der Waals surface area contributed by atoms with Crippen LogP contribution in [0.5, 0.6) is 0 Å². The second-order valence-corrected chi connectivity index (χ2v) is 4.32. The maximum absolute atomic E-state index is 5.32. The molecule has 3 rings (SSSR count). The van der Waals surface area contributed by atoms with Crippen molar-refractivity contribution in [2.24, 2.45) is 0 Å². The zero-order valence-corrected chi connectivity index (χ0v) is 9.55. The van der Waals surface area contributed by atoms with Crippen LogP contribution in [0, 0.1) is 4.64 Å². The molecular weight excluding hydrogens is 218 g/mol. The molecule has 1 N–H and O–H groups in total. The number of rotatable bonds is 1. The maximum Gasteiger partial charge on any atom is 0.139 e. The molecule has 2 heterocycles. The minimum absolute atomic E-state index is 0.748. The van der Waals surface area contributed by atoms with Gasteiger partial charge in [0.2, 0.25) is 0 Å². The Morgan fingerprint density at radius 3 is 2.81 bits per heavy atom. The summed E-state index contributed by atoms with van der Waals surface area (Å²) in [5.74, 6) is 0.855. The van der Waals surface area contributed by atoms with Crippen molar-refractivity contribution >= 4 is 12.2 Å². The summed E-state index contributed by atoms with van der Waals surface area (Å²) >= 11 is 5.32. The molecule has 4 heteroatoms. The molecule has 2 aromatic rings. The summed E-state index contributed by atoms with van der Waals surface area (Å²) in [7, 11) is 0. The van der Waals surface area contributed by atoms with Gasteiger partial charge in [0.25, 0.3) is 0 Å². The third-order valence-corrected chi connectivity index (χ3v) is 3.25. The normalized spacial score (nSPS) is 13.8. The van der Waals surface area contributed by atoms with E-state index < -0.39 is 0 Å². The van der Waals surface area contributed by atoms with E-state index in [1.165, 1.54) is 17.7 Å². The lowest BCUT2D eigenvalue weighted by atomic mass is 10.2. The molecule has 3 nitrogen and oxygen atoms in total. The fraction of sp³-hybridized carbons (Fsp3) is 0.250. The minimum atomic E-state index is 0.748. The molecule has 0 aliphatic heterocycles. The van der Waals surface area contributed by atoms with Gasteiger partial charge in [0, 0.05) is 29.2 Å². The number of nitrogens with one attached hydrogen (secondary N) is 1. The van der Waals surface area contributed by atoms with Crippen molar-refractivity contribution < 1.29 is 0 Å². The van der Waals surface area contributed by atoms with Crippen molar-refractivity contribution in [1.82, 2.24) is 15.0 Å². The Morgan fingerprint density at radius 1 is 1.19 bits per heavy atom. The van der Waals surface area contributed by atoms with Crippen molar-refractivity contribution in [3.63, 3.8) is 0 Å². The number of fused-ring (bicyclic) bond motifs is 1. The van der Waals surface area contributed by atoms with Crippen LogP contribution < -0.4 is 0 Å². The number of hydrogen-bond acceptors (Lipinski definition) is 3. The monoisotopic (exact) mass is 229 g/mol. The van der Waals surface area contributed by atoms with Crippen LogP contribution in [-0.4, -0.2) is 15.0 Å². The second kappa shape index (κ2) is 3.79. The first-order valence-electron chi connectivity index (χ1n) is 5.37. The summed E-state index contributed by atoms with van der Waals surface area (Å²) in [6.07, 6.45) is 6.85. The molecule has 0 unspecified atom stereocenters. The van der Waals surface area contributed by atoms with Crippen LogP contribution >= 0.6 is 12.2 Å². The van der Waals surface area contributed by atoms with Gasteiger partial charge in [0.1, 0.15) is 10.5 Å². The molecule has 2 aromatic heterocycles. The van der Waals surface area contributed by atoms with Crippen molar-refractivity contribution in [1.29, 1.82) is 0 Å². The Balaban J connectivity index is 2.17. The predicted molar refractivity (Wildman–Crippen MR) is 64.7 cm³/mol. The first kappa shape index (κ1) is 9.66. The molecule has 16 heavy (non-hydrogen) atoms. The lowest BCUT2D eigenvalue weighted by Crippen LogP contribution is -1.97. The summed E-state index contributed by atoms with van der Waals surface area (Å²) in [5, 5.41) is 0. The predicted octanol–water partition coefficient (Wildman–Crippen LogP) is 2.69. The first-order valence-corrected chi connectivity index (χ1v) is 5.78. The van der Waals surface area contributed by atoms with Crippen LogP contribution in [0.15, 0.2) is 24.5 Å². The number of aryl methyl sites for hydroxylation is 1. The summed E-state index contributed by atoms with van der Waals surface area (Å²) in [6.45, 7) is 0. The SMILES string of the molecule is S=c1nc(-c2ccncc2)[nH]c2c1CCC2. The molecule has 0 amide bonds. The molecule has 0 radical (unpaired) electrons. The molecule has 0 spiro atoms. The standard InChI is InChI=1S/C12H11N3S/c16-12-9-2-1-3-10(9)14-11(15-12)8-4-6-13-7-5-8/h4-7H,1-3H2,(H,14,15,16). The molecular formula is C12H11N3S. The van der Waals surface area contributed by atoms with Crippen molar-refractivity contribution in [2.75, 3.05) is 0 Å². The van der Waals surface area contributed by atoms with E-state index in [4.69, 9.17) is 12.2 Å². The van der Waals surface area contributed by atoms with Gasteiger partial charge in [-0.05, 0) is 31.4 Å². The zero-order valence-electron chi connectivity index (χ0n) is 8.73. The Morgan fingerprint density at radius 2 is 2.00 bits per heavy atom. The van der Waals surface area contributed by atoms with E-state index in [1.54, 1.807) is 12.4 Å². The van der Waals surface area contributed by atoms with Crippen LogP contribution in [0.2, 0.25) is 0 Å². The zero-order chi connectivity index (χ0) is 11.0. The van der Waals surface area contributed by atoms with E-state index in [1.807, 2.05) is 12.1 Å². The maximum atomic E-state index is 5.32. The van der Waals surface area contributed by atoms with Crippen LogP contribution in [0.4, 0.5) is 0 Å². The molecule has 0 bridgehead atoms. The van der Waals surface area contributed by atoms with E-state index in [2.05, 4.69) is 15.0 Å². The van der Waals surface area contributed by atoms with Crippen molar-refractivity contribution in [3.8, 4) is 11.4 Å². The van der Waals surface area contributed by atoms with E-state index in [0.717, 1.165) is 28.9 Å². The molecule has 0 saturated heterocycles. The highest BCUT2D eigenvalue weighted by Gasteiger charge is 2.15. The fourth-order valence-electron chi connectivity index (χ4n) is 2.10. The van der Waals surface area contributed by atoms with Gasteiger partial charge in [-0.2, -0.15) is 0 Å². The Hall–Kier alpha value is -1.55. The van der Waals surface area contributed by atoms with Crippen LogP contribution in [0.1, 0.15) is 17.7 Å². The Kier molecular flexibility index (Phi) is 2.29. The highest BCUT2D eigenvalue weighted by atomic mass is 32.1. The molecule has 0 atom stereocenters. The number of hydrogen-bond donors (Lipinski definition) is 1. The Bertz CT molecular complexity index is 575. The summed E-state index contributed by atoms with van der Waals surface area (Å²) in [5.41, 5.74) is 3.52. The fourth-order valence-corrected chi connectivity index (χ4v) is 2.42. The van der Waals surface area contributed by atoms with Crippen LogP contribution in [-0.2, 0) is 12.8 Å². The van der Waals surface area contributed by atoms with Gasteiger partial charge < -0.3 is 4.98 Å². The first-order chi connectivity index (χ1) is 7.84. The third-order valence-electron chi connectivity index (χ3n) is 2.91. The molecule has 0 aromatic carbocycles. The lowest BCUT2D eigenvalue weighted by Gasteiger charge is -2.05. The summed E-state index contributed by atoms with van der Waals surface area (Å²) < 4.78 is 0.748. The van der Waals surface area contributed by atoms with Gasteiger partial charge >= 0.3 is 0 Å². The average molecular weight is 229 g/mol. The van der Waals surface area contributed by atoms with Crippen LogP contribution in [0.25, 0.3) is 11.4 Å².